The summed E-state index contributed by atoms with van der Waals surface area (Å²) in [6.07, 6.45) is 2.53. The van der Waals surface area contributed by atoms with Crippen molar-refractivity contribution in [3.63, 3.8) is 0 Å². The van der Waals surface area contributed by atoms with Crippen LogP contribution < -0.4 is 11.1 Å². The van der Waals surface area contributed by atoms with E-state index in [4.69, 9.17) is 5.73 Å². The Labute approximate surface area is 154 Å². The summed E-state index contributed by atoms with van der Waals surface area (Å²) in [5.41, 5.74) is 9.94. The Bertz CT molecular complexity index is 1010. The van der Waals surface area contributed by atoms with Crippen LogP contribution in [0.15, 0.2) is 42.6 Å². The molecule has 3 heterocycles. The zero-order valence-corrected chi connectivity index (χ0v) is 15.1. The fourth-order valence-electron chi connectivity index (χ4n) is 2.81. The minimum Gasteiger partial charge on any atom is -0.356 e. The quantitative estimate of drug-likeness (QED) is 0.485. The van der Waals surface area contributed by atoms with Crippen LogP contribution in [0.2, 0.25) is 0 Å². The number of nitrogens with one attached hydrogen (secondary N) is 2. The van der Waals surface area contributed by atoms with Gasteiger partial charge in [0, 0.05) is 47.5 Å². The number of benzene rings is 1. The maximum absolute atomic E-state index is 5.91. The molecule has 0 aliphatic rings. The second-order valence-electron chi connectivity index (χ2n) is 6.10. The molecule has 0 unspecified atom stereocenters. The minimum atomic E-state index is 0.0595. The zero-order valence-electron chi connectivity index (χ0n) is 14.3. The topological polar surface area (TPSA) is 105 Å². The Morgan fingerprint density at radius 3 is 2.96 bits per heavy atom. The van der Waals surface area contributed by atoms with E-state index in [0.717, 1.165) is 44.4 Å². The van der Waals surface area contributed by atoms with E-state index in [-0.39, 0.29) is 6.04 Å². The summed E-state index contributed by atoms with van der Waals surface area (Å²) < 4.78 is 0. The maximum atomic E-state index is 5.91. The van der Waals surface area contributed by atoms with Crippen molar-refractivity contribution in [1.82, 2.24) is 25.4 Å². The Morgan fingerprint density at radius 1 is 1.23 bits per heavy atom. The average Bonchev–Trinajstić information content (AvgIpc) is 3.29. The molecule has 132 valence electrons. The first kappa shape index (κ1) is 16.6. The van der Waals surface area contributed by atoms with Crippen LogP contribution in [0.25, 0.3) is 21.5 Å². The molecule has 0 bridgehead atoms. The highest BCUT2D eigenvalue weighted by Gasteiger charge is 2.13. The van der Waals surface area contributed by atoms with Gasteiger partial charge in [-0.1, -0.05) is 17.4 Å². The van der Waals surface area contributed by atoms with Crippen LogP contribution in [0.3, 0.4) is 0 Å². The molecule has 1 atom stereocenters. The molecule has 0 saturated heterocycles. The number of H-pyrrole nitrogens is 1. The van der Waals surface area contributed by atoms with E-state index in [9.17, 15) is 0 Å². The third kappa shape index (κ3) is 3.42. The number of nitrogens with zero attached hydrogens (tertiary/aromatic N) is 4. The molecule has 0 amide bonds. The van der Waals surface area contributed by atoms with Crippen LogP contribution in [0.5, 0.6) is 0 Å². The number of nitrogens with two attached hydrogens (primary N) is 1. The van der Waals surface area contributed by atoms with Gasteiger partial charge in [-0.2, -0.15) is 5.10 Å². The number of aromatic amines is 1. The average molecular weight is 365 g/mol. The number of pyridine rings is 1. The van der Waals surface area contributed by atoms with E-state index in [1.165, 1.54) is 11.3 Å². The van der Waals surface area contributed by atoms with Crippen molar-refractivity contribution in [2.45, 2.75) is 19.4 Å². The lowest BCUT2D eigenvalue weighted by atomic mass is 10.1. The molecule has 0 aliphatic carbocycles. The third-order valence-corrected chi connectivity index (χ3v) is 5.11. The molecular weight excluding hydrogens is 346 g/mol. The number of hydrogen-bond acceptors (Lipinski definition) is 7. The largest absolute Gasteiger partial charge is 0.356 e. The van der Waals surface area contributed by atoms with Gasteiger partial charge in [-0.15, -0.1) is 10.2 Å². The molecule has 0 aliphatic heterocycles. The molecule has 7 nitrogen and oxygen atoms in total. The number of aromatic nitrogens is 5. The predicted molar refractivity (Wildman–Crippen MR) is 104 cm³/mol. The van der Waals surface area contributed by atoms with Crippen LogP contribution in [-0.4, -0.2) is 38.0 Å². The molecule has 0 spiro atoms. The van der Waals surface area contributed by atoms with Gasteiger partial charge in [0.2, 0.25) is 5.13 Å². The molecule has 3 aromatic heterocycles. The van der Waals surface area contributed by atoms with Crippen LogP contribution >= 0.6 is 11.3 Å². The van der Waals surface area contributed by atoms with E-state index in [2.05, 4.69) is 36.8 Å². The maximum Gasteiger partial charge on any atom is 0.206 e. The van der Waals surface area contributed by atoms with Gasteiger partial charge < -0.3 is 11.1 Å². The predicted octanol–water partition coefficient (Wildman–Crippen LogP) is 2.77. The molecular formula is C18H19N7S. The van der Waals surface area contributed by atoms with E-state index < -0.39 is 0 Å². The standard InChI is InChI=1S/C18H19N7S/c1-11-15-8-12(5-6-16(15)23-22-11)17-24-25-18(26-17)21-14(10-19)9-13-4-2-3-7-20-13/h2-8,14H,9-10,19H2,1H3,(H,21,25)(H,22,23)/t14-/m0/s1. The lowest BCUT2D eigenvalue weighted by Gasteiger charge is -2.14. The summed E-state index contributed by atoms with van der Waals surface area (Å²) in [4.78, 5) is 4.36. The highest BCUT2D eigenvalue weighted by Crippen LogP contribution is 2.29. The van der Waals surface area contributed by atoms with Gasteiger partial charge >= 0.3 is 0 Å². The summed E-state index contributed by atoms with van der Waals surface area (Å²) >= 11 is 1.52. The molecule has 8 heteroatoms. The molecule has 0 fully saturated rings. The van der Waals surface area contributed by atoms with Crippen LogP contribution in [0, 0.1) is 6.92 Å². The first-order valence-corrected chi connectivity index (χ1v) is 9.19. The van der Waals surface area contributed by atoms with Crippen LogP contribution in [0.4, 0.5) is 5.13 Å². The number of anilines is 1. The number of aryl methyl sites for hydroxylation is 1. The van der Waals surface area contributed by atoms with E-state index in [1.807, 2.05) is 37.3 Å². The van der Waals surface area contributed by atoms with Crippen molar-refractivity contribution < 1.29 is 0 Å². The number of rotatable bonds is 6. The smallest absolute Gasteiger partial charge is 0.206 e. The Morgan fingerprint density at radius 2 is 2.15 bits per heavy atom. The van der Waals surface area contributed by atoms with Gasteiger partial charge in [-0.05, 0) is 37.3 Å². The lowest BCUT2D eigenvalue weighted by Crippen LogP contribution is -2.31. The van der Waals surface area contributed by atoms with Gasteiger partial charge in [0.25, 0.3) is 0 Å². The summed E-state index contributed by atoms with van der Waals surface area (Å²) in [6.45, 7) is 2.50. The third-order valence-electron chi connectivity index (χ3n) is 4.21. The van der Waals surface area contributed by atoms with Crippen LogP contribution in [0.1, 0.15) is 11.4 Å². The second kappa shape index (κ2) is 7.19. The fourth-order valence-corrected chi connectivity index (χ4v) is 3.63. The van der Waals surface area contributed by atoms with Crippen molar-refractivity contribution in [1.29, 1.82) is 0 Å². The zero-order chi connectivity index (χ0) is 17.9. The molecule has 0 saturated carbocycles. The van der Waals surface area contributed by atoms with E-state index >= 15 is 0 Å². The van der Waals surface area contributed by atoms with Crippen molar-refractivity contribution in [3.8, 4) is 10.6 Å². The molecule has 4 N–H and O–H groups in total. The number of hydrogen-bond donors (Lipinski definition) is 3. The summed E-state index contributed by atoms with van der Waals surface area (Å²) in [5.74, 6) is 0. The van der Waals surface area contributed by atoms with Crippen LogP contribution in [-0.2, 0) is 6.42 Å². The van der Waals surface area contributed by atoms with Gasteiger partial charge in [-0.3, -0.25) is 10.1 Å². The molecule has 26 heavy (non-hydrogen) atoms. The molecule has 4 aromatic rings. The Kier molecular flexibility index (Phi) is 4.59. The highest BCUT2D eigenvalue weighted by molar-refractivity contribution is 7.18. The summed E-state index contributed by atoms with van der Waals surface area (Å²) in [6, 6.07) is 12.0. The van der Waals surface area contributed by atoms with E-state index in [0.29, 0.717) is 6.54 Å². The summed E-state index contributed by atoms with van der Waals surface area (Å²) in [5, 5.41) is 21.9. The molecule has 0 radical (unpaired) electrons. The molecule has 1 aromatic carbocycles. The minimum absolute atomic E-state index is 0.0595. The fraction of sp³-hybridized carbons (Fsp3) is 0.222. The first-order chi connectivity index (χ1) is 12.7. The van der Waals surface area contributed by atoms with Crippen molar-refractivity contribution >= 4 is 27.4 Å². The molecule has 4 rings (SSSR count). The lowest BCUT2D eigenvalue weighted by molar-refractivity contribution is 0.708. The highest BCUT2D eigenvalue weighted by atomic mass is 32.1. The second-order valence-corrected chi connectivity index (χ2v) is 7.07. The Balaban J connectivity index is 1.52. The van der Waals surface area contributed by atoms with Gasteiger partial charge in [0.15, 0.2) is 0 Å². The Hall–Kier alpha value is -2.84. The SMILES string of the molecule is Cc1[nH]nc2ccc(-c3nnc(N[C@H](CN)Cc4ccccn4)s3)cc12. The van der Waals surface area contributed by atoms with Gasteiger partial charge in [-0.25, -0.2) is 0 Å². The normalized spacial score (nSPS) is 12.4. The monoisotopic (exact) mass is 365 g/mol. The van der Waals surface area contributed by atoms with Crippen molar-refractivity contribution in [2.24, 2.45) is 5.73 Å². The summed E-state index contributed by atoms with van der Waals surface area (Å²) in [7, 11) is 0. The first-order valence-electron chi connectivity index (χ1n) is 8.38. The van der Waals surface area contributed by atoms with Gasteiger partial charge in [0.1, 0.15) is 5.01 Å². The van der Waals surface area contributed by atoms with Crippen molar-refractivity contribution in [2.75, 3.05) is 11.9 Å². The van der Waals surface area contributed by atoms with Gasteiger partial charge in [0.05, 0.1) is 5.52 Å². The van der Waals surface area contributed by atoms with Crippen molar-refractivity contribution in [3.05, 3.63) is 54.0 Å². The number of fused-ring (bicyclic) bond motifs is 1. The van der Waals surface area contributed by atoms with E-state index in [1.54, 1.807) is 6.20 Å².